The van der Waals surface area contributed by atoms with Gasteiger partial charge in [0.25, 0.3) is 0 Å². The van der Waals surface area contributed by atoms with Crippen LogP contribution in [0.25, 0.3) is 0 Å². The van der Waals surface area contributed by atoms with Gasteiger partial charge >= 0.3 is 5.97 Å². The maximum Gasteiger partial charge on any atom is 0.303 e. The Labute approximate surface area is 125 Å². The number of carboxylic acid groups (broad SMARTS) is 1. The minimum absolute atomic E-state index is 0.0622. The number of hydrogen-bond acceptors (Lipinski definition) is 3. The molecular formula is C16H24N2O3. The number of nitrogens with two attached hydrogens (primary N) is 1. The predicted molar refractivity (Wildman–Crippen MR) is 82.9 cm³/mol. The monoisotopic (exact) mass is 292 g/mol. The number of benzene rings is 1. The molecule has 5 nitrogen and oxygen atoms in total. The summed E-state index contributed by atoms with van der Waals surface area (Å²) in [4.78, 5) is 24.5. The Morgan fingerprint density at radius 1 is 1.19 bits per heavy atom. The van der Waals surface area contributed by atoms with Gasteiger partial charge in [0.2, 0.25) is 5.91 Å². The Morgan fingerprint density at radius 2 is 1.81 bits per heavy atom. The Kier molecular flexibility index (Phi) is 6.72. The molecule has 0 heterocycles. The number of amides is 1. The van der Waals surface area contributed by atoms with E-state index in [2.05, 4.69) is 0 Å². The van der Waals surface area contributed by atoms with Gasteiger partial charge in [0, 0.05) is 31.1 Å². The van der Waals surface area contributed by atoms with E-state index < -0.39 is 5.97 Å². The first-order chi connectivity index (χ1) is 9.90. The number of aryl methyl sites for hydroxylation is 1. The van der Waals surface area contributed by atoms with Crippen molar-refractivity contribution in [3.8, 4) is 0 Å². The lowest BCUT2D eigenvalue weighted by atomic mass is 10.1. The van der Waals surface area contributed by atoms with E-state index in [0.29, 0.717) is 31.5 Å². The summed E-state index contributed by atoms with van der Waals surface area (Å²) in [6.45, 7) is 4.38. The molecule has 21 heavy (non-hydrogen) atoms. The van der Waals surface area contributed by atoms with Crippen molar-refractivity contribution in [2.75, 3.05) is 12.3 Å². The lowest BCUT2D eigenvalue weighted by molar-refractivity contribution is -0.138. The molecule has 1 rings (SSSR count). The Morgan fingerprint density at radius 3 is 2.33 bits per heavy atom. The van der Waals surface area contributed by atoms with Crippen molar-refractivity contribution in [3.05, 3.63) is 29.8 Å². The molecule has 0 aliphatic heterocycles. The highest BCUT2D eigenvalue weighted by Crippen LogP contribution is 2.11. The summed E-state index contributed by atoms with van der Waals surface area (Å²) in [6, 6.07) is 7.58. The second-order valence-corrected chi connectivity index (χ2v) is 5.42. The largest absolute Gasteiger partial charge is 0.481 e. The molecule has 0 unspecified atom stereocenters. The van der Waals surface area contributed by atoms with E-state index in [4.69, 9.17) is 10.8 Å². The fourth-order valence-corrected chi connectivity index (χ4v) is 2.15. The molecule has 1 amide bonds. The number of nitrogens with zero attached hydrogens (tertiary/aromatic N) is 1. The van der Waals surface area contributed by atoms with E-state index in [-0.39, 0.29) is 18.4 Å². The lowest BCUT2D eigenvalue weighted by Crippen LogP contribution is -2.38. The lowest BCUT2D eigenvalue weighted by Gasteiger charge is -2.26. The quantitative estimate of drug-likeness (QED) is 0.720. The summed E-state index contributed by atoms with van der Waals surface area (Å²) in [5, 5.41) is 8.66. The molecule has 0 saturated heterocycles. The van der Waals surface area contributed by atoms with Gasteiger partial charge in [-0.15, -0.1) is 0 Å². The fourth-order valence-electron chi connectivity index (χ4n) is 2.15. The van der Waals surface area contributed by atoms with Crippen molar-refractivity contribution in [1.82, 2.24) is 4.90 Å². The maximum atomic E-state index is 12.3. The number of nitrogen functional groups attached to an aromatic ring is 1. The van der Waals surface area contributed by atoms with Crippen LogP contribution in [0.2, 0.25) is 0 Å². The second-order valence-electron chi connectivity index (χ2n) is 5.42. The molecule has 3 N–H and O–H groups in total. The van der Waals surface area contributed by atoms with Gasteiger partial charge in [-0.1, -0.05) is 12.1 Å². The van der Waals surface area contributed by atoms with Gasteiger partial charge in [-0.3, -0.25) is 9.59 Å². The van der Waals surface area contributed by atoms with Gasteiger partial charge in [0.15, 0.2) is 0 Å². The maximum absolute atomic E-state index is 12.3. The SMILES string of the molecule is CC(C)N(CCCC(=O)O)C(=O)CCc1ccc(N)cc1. The third kappa shape index (κ3) is 6.29. The van der Waals surface area contributed by atoms with E-state index in [1.807, 2.05) is 38.1 Å². The summed E-state index contributed by atoms with van der Waals surface area (Å²) in [5.41, 5.74) is 7.41. The van der Waals surface area contributed by atoms with E-state index in [1.54, 1.807) is 4.90 Å². The standard InChI is InChI=1S/C16H24N2O3/c1-12(2)18(11-3-4-16(20)21)15(19)10-7-13-5-8-14(17)9-6-13/h5-6,8-9,12H,3-4,7,10-11,17H2,1-2H3,(H,20,21). The Hall–Kier alpha value is -2.04. The average molecular weight is 292 g/mol. The molecule has 0 aliphatic carbocycles. The Balaban J connectivity index is 2.48. The number of hydrogen-bond donors (Lipinski definition) is 2. The first kappa shape index (κ1) is 17.0. The van der Waals surface area contributed by atoms with Crippen LogP contribution in [-0.4, -0.2) is 34.5 Å². The zero-order valence-electron chi connectivity index (χ0n) is 12.7. The third-order valence-corrected chi connectivity index (χ3v) is 3.34. The van der Waals surface area contributed by atoms with Crippen LogP contribution in [-0.2, 0) is 16.0 Å². The van der Waals surface area contributed by atoms with Gasteiger partial charge in [-0.05, 0) is 44.4 Å². The topological polar surface area (TPSA) is 83.6 Å². The zero-order valence-corrected chi connectivity index (χ0v) is 12.7. The summed E-state index contributed by atoms with van der Waals surface area (Å²) in [5.74, 6) is -0.764. The van der Waals surface area contributed by atoms with Crippen LogP contribution in [0.1, 0.15) is 38.7 Å². The zero-order chi connectivity index (χ0) is 15.8. The molecule has 0 atom stereocenters. The van der Waals surface area contributed by atoms with Crippen LogP contribution in [0.15, 0.2) is 24.3 Å². The number of carboxylic acids is 1. The highest BCUT2D eigenvalue weighted by molar-refractivity contribution is 5.76. The van der Waals surface area contributed by atoms with Crippen molar-refractivity contribution >= 4 is 17.6 Å². The molecule has 0 aliphatic rings. The van der Waals surface area contributed by atoms with Crippen LogP contribution in [0.5, 0.6) is 0 Å². The smallest absolute Gasteiger partial charge is 0.303 e. The highest BCUT2D eigenvalue weighted by atomic mass is 16.4. The molecule has 0 fully saturated rings. The summed E-state index contributed by atoms with van der Waals surface area (Å²) in [6.07, 6.45) is 1.67. The third-order valence-electron chi connectivity index (χ3n) is 3.34. The van der Waals surface area contributed by atoms with Gasteiger partial charge in [-0.2, -0.15) is 0 Å². The van der Waals surface area contributed by atoms with E-state index in [1.165, 1.54) is 0 Å². The van der Waals surface area contributed by atoms with E-state index >= 15 is 0 Å². The van der Waals surface area contributed by atoms with Crippen molar-refractivity contribution in [1.29, 1.82) is 0 Å². The number of rotatable bonds is 8. The number of carbonyl (C=O) groups excluding carboxylic acids is 1. The van der Waals surface area contributed by atoms with Crippen molar-refractivity contribution < 1.29 is 14.7 Å². The molecule has 0 radical (unpaired) electrons. The number of aliphatic carboxylic acids is 1. The van der Waals surface area contributed by atoms with Crippen LogP contribution in [0.3, 0.4) is 0 Å². The minimum atomic E-state index is -0.826. The summed E-state index contributed by atoms with van der Waals surface area (Å²) >= 11 is 0. The molecule has 5 heteroatoms. The molecule has 1 aromatic rings. The van der Waals surface area contributed by atoms with Crippen LogP contribution >= 0.6 is 0 Å². The molecule has 0 saturated carbocycles. The fraction of sp³-hybridized carbons (Fsp3) is 0.500. The predicted octanol–water partition coefficient (Wildman–Crippen LogP) is 2.30. The van der Waals surface area contributed by atoms with Gasteiger partial charge in [0.05, 0.1) is 0 Å². The van der Waals surface area contributed by atoms with Crippen molar-refractivity contribution in [3.63, 3.8) is 0 Å². The van der Waals surface area contributed by atoms with Crippen LogP contribution in [0.4, 0.5) is 5.69 Å². The Bertz CT molecular complexity index is 469. The summed E-state index contributed by atoms with van der Waals surface area (Å²) in [7, 11) is 0. The molecular weight excluding hydrogens is 268 g/mol. The average Bonchev–Trinajstić information content (AvgIpc) is 2.42. The normalized spacial score (nSPS) is 10.6. The first-order valence-electron chi connectivity index (χ1n) is 7.26. The minimum Gasteiger partial charge on any atom is -0.481 e. The van der Waals surface area contributed by atoms with E-state index in [9.17, 15) is 9.59 Å². The summed E-state index contributed by atoms with van der Waals surface area (Å²) < 4.78 is 0. The molecule has 0 aromatic heterocycles. The van der Waals surface area contributed by atoms with Crippen molar-refractivity contribution in [2.24, 2.45) is 0 Å². The van der Waals surface area contributed by atoms with E-state index in [0.717, 1.165) is 5.56 Å². The molecule has 116 valence electrons. The molecule has 1 aromatic carbocycles. The van der Waals surface area contributed by atoms with Crippen molar-refractivity contribution in [2.45, 2.75) is 45.6 Å². The number of anilines is 1. The second kappa shape index (κ2) is 8.29. The van der Waals surface area contributed by atoms with Crippen LogP contribution in [0, 0.1) is 0 Å². The molecule has 0 bridgehead atoms. The number of carbonyl (C=O) groups is 2. The van der Waals surface area contributed by atoms with Gasteiger partial charge in [-0.25, -0.2) is 0 Å². The first-order valence-corrected chi connectivity index (χ1v) is 7.26. The molecule has 0 spiro atoms. The van der Waals surface area contributed by atoms with Crippen LogP contribution < -0.4 is 5.73 Å². The van der Waals surface area contributed by atoms with Gasteiger partial charge < -0.3 is 15.7 Å². The highest BCUT2D eigenvalue weighted by Gasteiger charge is 2.16. The van der Waals surface area contributed by atoms with Gasteiger partial charge in [0.1, 0.15) is 0 Å².